The summed E-state index contributed by atoms with van der Waals surface area (Å²) in [5.74, 6) is 1.36. The molecule has 2 heterocycles. The number of hydrogen-bond donors (Lipinski definition) is 2. The number of aromatic nitrogens is 2. The van der Waals surface area contributed by atoms with Gasteiger partial charge in [-0.25, -0.2) is 4.98 Å². The highest BCUT2D eigenvalue weighted by Crippen LogP contribution is 2.13. The molecule has 1 aromatic carbocycles. The largest absolute Gasteiger partial charge is 0.381 e. The molecular formula is C15H19N3O2. The Morgan fingerprint density at radius 3 is 2.95 bits per heavy atom. The van der Waals surface area contributed by atoms with Crippen molar-refractivity contribution in [2.75, 3.05) is 19.8 Å². The lowest BCUT2D eigenvalue weighted by atomic mass is 10.0. The second kappa shape index (κ2) is 6.15. The molecule has 106 valence electrons. The van der Waals surface area contributed by atoms with E-state index in [0.717, 1.165) is 38.1 Å². The van der Waals surface area contributed by atoms with Crippen molar-refractivity contribution < 1.29 is 4.74 Å². The first-order valence-corrected chi connectivity index (χ1v) is 7.09. The summed E-state index contributed by atoms with van der Waals surface area (Å²) in [6.45, 7) is 3.26. The lowest BCUT2D eigenvalue weighted by Gasteiger charge is -2.22. The van der Waals surface area contributed by atoms with Crippen LogP contribution >= 0.6 is 0 Å². The average Bonchev–Trinajstić information content (AvgIpc) is 2.48. The molecule has 1 aromatic heterocycles. The molecule has 0 aliphatic carbocycles. The van der Waals surface area contributed by atoms with Crippen LogP contribution in [0.2, 0.25) is 0 Å². The quantitative estimate of drug-likeness (QED) is 0.884. The van der Waals surface area contributed by atoms with Crippen LogP contribution in [0, 0.1) is 5.92 Å². The van der Waals surface area contributed by atoms with Crippen molar-refractivity contribution >= 4 is 10.9 Å². The number of para-hydroxylation sites is 1. The third kappa shape index (κ3) is 3.05. The number of fused-ring (bicyclic) bond motifs is 1. The number of benzene rings is 1. The van der Waals surface area contributed by atoms with Crippen LogP contribution in [-0.4, -0.2) is 29.7 Å². The van der Waals surface area contributed by atoms with E-state index in [1.807, 2.05) is 18.2 Å². The standard InChI is InChI=1S/C15H19N3O2/c19-15-12-3-1-2-4-13(12)17-14(18-15)10-16-9-11-5-7-20-8-6-11/h1-4,11,16H,5-10H2,(H,17,18,19). The number of hydrogen-bond acceptors (Lipinski definition) is 4. The van der Waals surface area contributed by atoms with Gasteiger partial charge in [-0.05, 0) is 37.4 Å². The minimum absolute atomic E-state index is 0.0709. The summed E-state index contributed by atoms with van der Waals surface area (Å²) in [7, 11) is 0. The topological polar surface area (TPSA) is 67.0 Å². The number of aromatic amines is 1. The number of ether oxygens (including phenoxy) is 1. The van der Waals surface area contributed by atoms with Gasteiger partial charge in [0.15, 0.2) is 0 Å². The SMILES string of the molecule is O=c1[nH]c(CNCC2CCOCC2)nc2ccccc12. The molecule has 0 bridgehead atoms. The first kappa shape index (κ1) is 13.3. The highest BCUT2D eigenvalue weighted by atomic mass is 16.5. The molecular weight excluding hydrogens is 254 g/mol. The Morgan fingerprint density at radius 1 is 1.30 bits per heavy atom. The van der Waals surface area contributed by atoms with E-state index in [1.54, 1.807) is 6.07 Å². The van der Waals surface area contributed by atoms with Crippen LogP contribution in [0.25, 0.3) is 10.9 Å². The van der Waals surface area contributed by atoms with E-state index in [9.17, 15) is 4.79 Å². The first-order chi connectivity index (χ1) is 9.83. The molecule has 1 saturated heterocycles. The molecule has 2 aromatic rings. The maximum Gasteiger partial charge on any atom is 0.258 e. The Labute approximate surface area is 117 Å². The molecule has 0 amide bonds. The average molecular weight is 273 g/mol. The summed E-state index contributed by atoms with van der Waals surface area (Å²) < 4.78 is 5.34. The number of nitrogens with zero attached hydrogens (tertiary/aromatic N) is 1. The summed E-state index contributed by atoms with van der Waals surface area (Å²) in [4.78, 5) is 19.2. The van der Waals surface area contributed by atoms with Crippen LogP contribution in [0.4, 0.5) is 0 Å². The summed E-state index contributed by atoms with van der Waals surface area (Å²) >= 11 is 0. The van der Waals surface area contributed by atoms with Gasteiger partial charge in [-0.3, -0.25) is 4.79 Å². The van der Waals surface area contributed by atoms with E-state index < -0.39 is 0 Å². The minimum atomic E-state index is -0.0709. The summed E-state index contributed by atoms with van der Waals surface area (Å²) in [6.07, 6.45) is 2.21. The van der Waals surface area contributed by atoms with E-state index in [-0.39, 0.29) is 5.56 Å². The smallest absolute Gasteiger partial charge is 0.258 e. The third-order valence-corrected chi connectivity index (χ3v) is 3.73. The lowest BCUT2D eigenvalue weighted by molar-refractivity contribution is 0.0662. The zero-order valence-corrected chi connectivity index (χ0v) is 11.4. The molecule has 5 heteroatoms. The summed E-state index contributed by atoms with van der Waals surface area (Å²) in [5.41, 5.74) is 0.678. The van der Waals surface area contributed by atoms with Gasteiger partial charge in [0, 0.05) is 13.2 Å². The Bertz CT molecular complexity index is 632. The molecule has 1 fully saturated rings. The molecule has 0 spiro atoms. The predicted molar refractivity (Wildman–Crippen MR) is 77.6 cm³/mol. The van der Waals surface area contributed by atoms with Gasteiger partial charge in [0.1, 0.15) is 5.82 Å². The van der Waals surface area contributed by atoms with Crippen molar-refractivity contribution in [2.24, 2.45) is 5.92 Å². The van der Waals surface area contributed by atoms with Crippen LogP contribution < -0.4 is 10.9 Å². The van der Waals surface area contributed by atoms with E-state index in [1.165, 1.54) is 0 Å². The highest BCUT2D eigenvalue weighted by Gasteiger charge is 2.13. The zero-order chi connectivity index (χ0) is 13.8. The molecule has 0 atom stereocenters. The summed E-state index contributed by atoms with van der Waals surface area (Å²) in [5, 5.41) is 4.01. The van der Waals surface area contributed by atoms with Crippen molar-refractivity contribution in [3.8, 4) is 0 Å². The monoisotopic (exact) mass is 273 g/mol. The lowest BCUT2D eigenvalue weighted by Crippen LogP contribution is -2.28. The van der Waals surface area contributed by atoms with Gasteiger partial charge >= 0.3 is 0 Å². The van der Waals surface area contributed by atoms with Crippen LogP contribution in [0.15, 0.2) is 29.1 Å². The molecule has 20 heavy (non-hydrogen) atoms. The highest BCUT2D eigenvalue weighted by molar-refractivity contribution is 5.77. The van der Waals surface area contributed by atoms with Gasteiger partial charge in [0.25, 0.3) is 5.56 Å². The van der Waals surface area contributed by atoms with Gasteiger partial charge in [0.2, 0.25) is 0 Å². The van der Waals surface area contributed by atoms with E-state index in [0.29, 0.717) is 23.7 Å². The van der Waals surface area contributed by atoms with Gasteiger partial charge in [-0.15, -0.1) is 0 Å². The van der Waals surface area contributed by atoms with Crippen LogP contribution in [0.3, 0.4) is 0 Å². The molecule has 1 aliphatic rings. The van der Waals surface area contributed by atoms with Gasteiger partial charge in [0.05, 0.1) is 17.4 Å². The molecule has 0 saturated carbocycles. The van der Waals surface area contributed by atoms with Gasteiger partial charge in [-0.2, -0.15) is 0 Å². The van der Waals surface area contributed by atoms with Crippen molar-refractivity contribution in [1.29, 1.82) is 0 Å². The molecule has 0 unspecified atom stereocenters. The van der Waals surface area contributed by atoms with Crippen LogP contribution in [0.5, 0.6) is 0 Å². The van der Waals surface area contributed by atoms with Crippen molar-refractivity contribution in [1.82, 2.24) is 15.3 Å². The molecule has 1 aliphatic heterocycles. The minimum Gasteiger partial charge on any atom is -0.381 e. The van der Waals surface area contributed by atoms with E-state index in [2.05, 4.69) is 15.3 Å². The molecule has 5 nitrogen and oxygen atoms in total. The fraction of sp³-hybridized carbons (Fsp3) is 0.467. The number of nitrogens with one attached hydrogen (secondary N) is 2. The summed E-state index contributed by atoms with van der Waals surface area (Å²) in [6, 6.07) is 7.41. The Kier molecular flexibility index (Phi) is 4.08. The second-order valence-corrected chi connectivity index (χ2v) is 5.22. The Morgan fingerprint density at radius 2 is 2.10 bits per heavy atom. The van der Waals surface area contributed by atoms with E-state index >= 15 is 0 Å². The maximum atomic E-state index is 11.9. The Balaban J connectivity index is 1.64. The molecule has 0 radical (unpaired) electrons. The molecule has 3 rings (SSSR count). The number of rotatable bonds is 4. The number of H-pyrrole nitrogens is 1. The fourth-order valence-electron chi connectivity index (χ4n) is 2.56. The van der Waals surface area contributed by atoms with Crippen molar-refractivity contribution in [2.45, 2.75) is 19.4 Å². The predicted octanol–water partition coefficient (Wildman–Crippen LogP) is 1.44. The van der Waals surface area contributed by atoms with Gasteiger partial charge < -0.3 is 15.0 Å². The molecule has 2 N–H and O–H groups in total. The second-order valence-electron chi connectivity index (χ2n) is 5.22. The van der Waals surface area contributed by atoms with Gasteiger partial charge in [-0.1, -0.05) is 12.1 Å². The van der Waals surface area contributed by atoms with Crippen molar-refractivity contribution in [3.63, 3.8) is 0 Å². The van der Waals surface area contributed by atoms with Crippen LogP contribution in [0.1, 0.15) is 18.7 Å². The fourth-order valence-corrected chi connectivity index (χ4v) is 2.56. The first-order valence-electron chi connectivity index (χ1n) is 7.09. The van der Waals surface area contributed by atoms with Crippen LogP contribution in [-0.2, 0) is 11.3 Å². The van der Waals surface area contributed by atoms with Crippen molar-refractivity contribution in [3.05, 3.63) is 40.4 Å². The maximum absolute atomic E-state index is 11.9. The Hall–Kier alpha value is -1.72. The third-order valence-electron chi connectivity index (χ3n) is 3.73. The zero-order valence-electron chi connectivity index (χ0n) is 11.4. The normalized spacial score (nSPS) is 16.6. The van der Waals surface area contributed by atoms with E-state index in [4.69, 9.17) is 4.74 Å².